The molecule has 31 heavy (non-hydrogen) atoms. The van der Waals surface area contributed by atoms with Crippen molar-refractivity contribution in [2.75, 3.05) is 29.4 Å². The molecule has 1 amide bonds. The van der Waals surface area contributed by atoms with E-state index in [1.165, 1.54) is 23.4 Å². The molecule has 2 aliphatic heterocycles. The number of carbonyl (C=O) groups excluding carboxylic acids is 1. The van der Waals surface area contributed by atoms with Crippen LogP contribution in [0.4, 0.5) is 16.0 Å². The number of nitrogens with one attached hydrogen (secondary N) is 1. The molecule has 2 atom stereocenters. The summed E-state index contributed by atoms with van der Waals surface area (Å²) in [5.74, 6) is 0.176. The predicted octanol–water partition coefficient (Wildman–Crippen LogP) is 2.80. The standard InChI is InChI=1S/C24H24FN5O/c25-19-7-3-5-17(13-19)15-28-23(31)20-14-18-6-1-2-8-21(18)30-12-11-29(16-22(20)30)24-26-9-4-10-27-24/h1-10,13,20,22H,11-12,14-16H2,(H,28,31)/t20-,22+/m1/s1. The Balaban J connectivity index is 1.39. The molecule has 0 aliphatic carbocycles. The quantitative estimate of drug-likeness (QED) is 0.707. The summed E-state index contributed by atoms with van der Waals surface area (Å²) in [6.07, 6.45) is 4.16. The van der Waals surface area contributed by atoms with Gasteiger partial charge in [-0.1, -0.05) is 30.3 Å². The SMILES string of the molecule is O=C(NCc1cccc(F)c1)[C@@H]1Cc2ccccc2N2CCN(c3ncccn3)C[C@@H]12. The number of para-hydroxylation sites is 1. The van der Waals surface area contributed by atoms with Crippen molar-refractivity contribution < 1.29 is 9.18 Å². The van der Waals surface area contributed by atoms with E-state index in [0.717, 1.165) is 18.7 Å². The molecule has 7 heteroatoms. The summed E-state index contributed by atoms with van der Waals surface area (Å²) in [6, 6.07) is 16.5. The number of fused-ring (bicyclic) bond motifs is 3. The van der Waals surface area contributed by atoms with Crippen LogP contribution in [0, 0.1) is 11.7 Å². The van der Waals surface area contributed by atoms with Crippen LogP contribution in [0.15, 0.2) is 67.0 Å². The third kappa shape index (κ3) is 3.95. The smallest absolute Gasteiger partial charge is 0.225 e. The molecule has 2 aliphatic rings. The number of anilines is 2. The minimum atomic E-state index is -0.296. The van der Waals surface area contributed by atoms with Gasteiger partial charge in [0.2, 0.25) is 11.9 Å². The Morgan fingerprint density at radius 3 is 2.74 bits per heavy atom. The lowest BCUT2D eigenvalue weighted by atomic mass is 9.83. The number of rotatable bonds is 4. The largest absolute Gasteiger partial charge is 0.364 e. The van der Waals surface area contributed by atoms with Gasteiger partial charge < -0.3 is 15.1 Å². The van der Waals surface area contributed by atoms with Gasteiger partial charge in [0, 0.05) is 44.3 Å². The highest BCUT2D eigenvalue weighted by molar-refractivity contribution is 5.82. The third-order valence-corrected chi connectivity index (χ3v) is 6.15. The zero-order chi connectivity index (χ0) is 21.2. The van der Waals surface area contributed by atoms with Crippen LogP contribution in [0.5, 0.6) is 0 Å². The lowest BCUT2D eigenvalue weighted by Gasteiger charge is -2.49. The Hall–Kier alpha value is -3.48. The fourth-order valence-electron chi connectivity index (χ4n) is 4.66. The van der Waals surface area contributed by atoms with E-state index >= 15 is 0 Å². The van der Waals surface area contributed by atoms with Crippen LogP contribution in [0.1, 0.15) is 11.1 Å². The Morgan fingerprint density at radius 1 is 1.06 bits per heavy atom. The number of piperazine rings is 1. The maximum atomic E-state index is 13.5. The molecule has 5 rings (SSSR count). The molecule has 0 radical (unpaired) electrons. The fourth-order valence-corrected chi connectivity index (χ4v) is 4.66. The van der Waals surface area contributed by atoms with Gasteiger partial charge in [0.1, 0.15) is 5.82 Å². The van der Waals surface area contributed by atoms with Crippen LogP contribution in [0.25, 0.3) is 0 Å². The summed E-state index contributed by atoms with van der Waals surface area (Å²) in [5.41, 5.74) is 3.15. The molecule has 0 saturated carbocycles. The normalized spacial score (nSPS) is 20.0. The maximum Gasteiger partial charge on any atom is 0.225 e. The van der Waals surface area contributed by atoms with Crippen molar-refractivity contribution in [1.82, 2.24) is 15.3 Å². The van der Waals surface area contributed by atoms with Crippen molar-refractivity contribution in [2.45, 2.75) is 19.0 Å². The lowest BCUT2D eigenvalue weighted by molar-refractivity contribution is -0.126. The van der Waals surface area contributed by atoms with Crippen LogP contribution in [0.2, 0.25) is 0 Å². The summed E-state index contributed by atoms with van der Waals surface area (Å²) < 4.78 is 13.5. The minimum Gasteiger partial charge on any atom is -0.364 e. The molecule has 1 aromatic heterocycles. The first-order valence-electron chi connectivity index (χ1n) is 10.6. The van der Waals surface area contributed by atoms with Crippen molar-refractivity contribution >= 4 is 17.5 Å². The molecule has 1 fully saturated rings. The molecule has 2 aromatic carbocycles. The topological polar surface area (TPSA) is 61.4 Å². The number of benzene rings is 2. The summed E-state index contributed by atoms with van der Waals surface area (Å²) in [5, 5.41) is 3.03. The fraction of sp³-hybridized carbons (Fsp3) is 0.292. The van der Waals surface area contributed by atoms with Gasteiger partial charge in [-0.05, 0) is 41.8 Å². The summed E-state index contributed by atoms with van der Waals surface area (Å²) >= 11 is 0. The monoisotopic (exact) mass is 417 g/mol. The molecule has 3 aromatic rings. The molecular formula is C24H24FN5O. The minimum absolute atomic E-state index is 0.00963. The molecular weight excluding hydrogens is 393 g/mol. The molecule has 0 spiro atoms. The molecule has 1 N–H and O–H groups in total. The first-order chi connectivity index (χ1) is 15.2. The number of halogens is 1. The number of hydrogen-bond acceptors (Lipinski definition) is 5. The Kier molecular flexibility index (Phi) is 5.24. The average Bonchev–Trinajstić information content (AvgIpc) is 2.82. The Labute approximate surface area is 180 Å². The van der Waals surface area contributed by atoms with Crippen LogP contribution < -0.4 is 15.1 Å². The summed E-state index contributed by atoms with van der Waals surface area (Å²) in [7, 11) is 0. The van der Waals surface area contributed by atoms with Gasteiger partial charge in [0.15, 0.2) is 0 Å². The second-order valence-electron chi connectivity index (χ2n) is 8.04. The van der Waals surface area contributed by atoms with E-state index in [2.05, 4.69) is 37.2 Å². The van der Waals surface area contributed by atoms with E-state index in [1.807, 2.05) is 18.2 Å². The van der Waals surface area contributed by atoms with Gasteiger partial charge in [-0.25, -0.2) is 14.4 Å². The highest BCUT2D eigenvalue weighted by atomic mass is 19.1. The molecule has 0 unspecified atom stereocenters. The van der Waals surface area contributed by atoms with Crippen LogP contribution >= 0.6 is 0 Å². The Bertz CT molecular complexity index is 1080. The van der Waals surface area contributed by atoms with Gasteiger partial charge in [0.05, 0.1) is 12.0 Å². The van der Waals surface area contributed by atoms with Gasteiger partial charge >= 0.3 is 0 Å². The van der Waals surface area contributed by atoms with Gasteiger partial charge in [-0.2, -0.15) is 0 Å². The molecule has 6 nitrogen and oxygen atoms in total. The zero-order valence-corrected chi connectivity index (χ0v) is 17.1. The van der Waals surface area contributed by atoms with Crippen LogP contribution in [-0.4, -0.2) is 41.6 Å². The van der Waals surface area contributed by atoms with Crippen molar-refractivity contribution in [3.8, 4) is 0 Å². The Morgan fingerprint density at radius 2 is 1.90 bits per heavy atom. The highest BCUT2D eigenvalue weighted by Gasteiger charge is 2.41. The summed E-state index contributed by atoms with van der Waals surface area (Å²) in [4.78, 5) is 26.6. The first kappa shape index (κ1) is 19.5. The molecule has 158 valence electrons. The van der Waals surface area contributed by atoms with E-state index < -0.39 is 0 Å². The molecule has 1 saturated heterocycles. The number of hydrogen-bond donors (Lipinski definition) is 1. The number of carbonyl (C=O) groups is 1. The van der Waals surface area contributed by atoms with E-state index in [0.29, 0.717) is 25.5 Å². The molecule has 0 bridgehead atoms. The van der Waals surface area contributed by atoms with Gasteiger partial charge in [-0.15, -0.1) is 0 Å². The second kappa shape index (κ2) is 8.34. The third-order valence-electron chi connectivity index (χ3n) is 6.15. The van der Waals surface area contributed by atoms with E-state index in [1.54, 1.807) is 24.5 Å². The van der Waals surface area contributed by atoms with Gasteiger partial charge in [0.25, 0.3) is 0 Å². The lowest BCUT2D eigenvalue weighted by Crippen LogP contribution is -2.61. The van der Waals surface area contributed by atoms with E-state index in [-0.39, 0.29) is 23.7 Å². The number of aromatic nitrogens is 2. The van der Waals surface area contributed by atoms with Gasteiger partial charge in [-0.3, -0.25) is 4.79 Å². The molecule has 3 heterocycles. The van der Waals surface area contributed by atoms with Crippen molar-refractivity contribution in [3.05, 3.63) is 83.9 Å². The average molecular weight is 417 g/mol. The predicted molar refractivity (Wildman–Crippen MR) is 117 cm³/mol. The highest BCUT2D eigenvalue weighted by Crippen LogP contribution is 2.36. The zero-order valence-electron chi connectivity index (χ0n) is 17.1. The maximum absolute atomic E-state index is 13.5. The number of nitrogens with zero attached hydrogens (tertiary/aromatic N) is 4. The van der Waals surface area contributed by atoms with Crippen LogP contribution in [0.3, 0.4) is 0 Å². The van der Waals surface area contributed by atoms with Crippen LogP contribution in [-0.2, 0) is 17.8 Å². The van der Waals surface area contributed by atoms with E-state index in [9.17, 15) is 9.18 Å². The second-order valence-corrected chi connectivity index (χ2v) is 8.04. The van der Waals surface area contributed by atoms with Crippen molar-refractivity contribution in [1.29, 1.82) is 0 Å². The number of amides is 1. The summed E-state index contributed by atoms with van der Waals surface area (Å²) in [6.45, 7) is 2.59. The first-order valence-corrected chi connectivity index (χ1v) is 10.6. The van der Waals surface area contributed by atoms with Crippen molar-refractivity contribution in [3.63, 3.8) is 0 Å². The van der Waals surface area contributed by atoms with Crippen molar-refractivity contribution in [2.24, 2.45) is 5.92 Å². The van der Waals surface area contributed by atoms with E-state index in [4.69, 9.17) is 0 Å².